The summed E-state index contributed by atoms with van der Waals surface area (Å²) in [6.45, 7) is 6.14. The van der Waals surface area contributed by atoms with Crippen LogP contribution in [0.3, 0.4) is 0 Å². The van der Waals surface area contributed by atoms with E-state index in [-0.39, 0.29) is 5.91 Å². The molecule has 1 aliphatic rings. The van der Waals surface area contributed by atoms with Gasteiger partial charge in [-0.3, -0.25) is 4.79 Å². The van der Waals surface area contributed by atoms with Crippen molar-refractivity contribution in [3.05, 3.63) is 30.3 Å². The zero-order chi connectivity index (χ0) is 19.0. The molecule has 1 amide bonds. The molecule has 1 fully saturated rings. The van der Waals surface area contributed by atoms with Gasteiger partial charge in [-0.25, -0.2) is 0 Å². The predicted molar refractivity (Wildman–Crippen MR) is 106 cm³/mol. The summed E-state index contributed by atoms with van der Waals surface area (Å²) in [6.07, 6.45) is 1.20. The Morgan fingerprint density at radius 2 is 1.96 bits per heavy atom. The van der Waals surface area contributed by atoms with Crippen LogP contribution in [0.2, 0.25) is 0 Å². The van der Waals surface area contributed by atoms with Crippen LogP contribution in [0.1, 0.15) is 20.3 Å². The quantitative estimate of drug-likeness (QED) is 0.640. The van der Waals surface area contributed by atoms with Crippen molar-refractivity contribution in [2.45, 2.75) is 25.4 Å². The maximum Gasteiger partial charge on any atom is 0.233 e. The summed E-state index contributed by atoms with van der Waals surface area (Å²) < 4.78 is 7.77. The predicted octanol–water partition coefficient (Wildman–Crippen LogP) is 3.82. The molecular formula is C20H24N4O2S. The second-order valence-electron chi connectivity index (χ2n) is 7.55. The number of hydrogen-bond donors (Lipinski definition) is 0. The number of fused-ring (bicyclic) bond motifs is 1. The molecule has 1 saturated heterocycles. The molecule has 27 heavy (non-hydrogen) atoms. The fourth-order valence-corrected chi connectivity index (χ4v) is 4.65. The van der Waals surface area contributed by atoms with Crippen molar-refractivity contribution in [3.8, 4) is 11.6 Å². The van der Waals surface area contributed by atoms with E-state index in [0.717, 1.165) is 29.2 Å². The van der Waals surface area contributed by atoms with Crippen molar-refractivity contribution < 1.29 is 9.21 Å². The molecule has 4 rings (SSSR count). The maximum absolute atomic E-state index is 12.6. The zero-order valence-electron chi connectivity index (χ0n) is 15.9. The molecule has 6 nitrogen and oxygen atoms in total. The Labute approximate surface area is 162 Å². The summed E-state index contributed by atoms with van der Waals surface area (Å²) >= 11 is 1.43. The van der Waals surface area contributed by atoms with Crippen LogP contribution >= 0.6 is 11.8 Å². The smallest absolute Gasteiger partial charge is 0.233 e. The van der Waals surface area contributed by atoms with Crippen molar-refractivity contribution in [2.24, 2.45) is 18.9 Å². The Kier molecular flexibility index (Phi) is 4.95. The van der Waals surface area contributed by atoms with E-state index in [4.69, 9.17) is 4.42 Å². The average Bonchev–Trinajstić information content (AvgIpc) is 3.22. The van der Waals surface area contributed by atoms with Crippen LogP contribution in [0, 0.1) is 11.8 Å². The molecule has 0 N–H and O–H groups in total. The monoisotopic (exact) mass is 384 g/mol. The second-order valence-corrected chi connectivity index (χ2v) is 8.49. The number of amides is 1. The minimum Gasteiger partial charge on any atom is -0.453 e. The van der Waals surface area contributed by atoms with Crippen LogP contribution in [-0.2, 0) is 11.8 Å². The Balaban J connectivity index is 1.45. The highest BCUT2D eigenvalue weighted by molar-refractivity contribution is 7.99. The number of benzene rings is 1. The van der Waals surface area contributed by atoms with Gasteiger partial charge in [0, 0.05) is 25.5 Å². The lowest BCUT2D eigenvalue weighted by Gasteiger charge is -2.34. The Morgan fingerprint density at radius 3 is 2.70 bits per heavy atom. The van der Waals surface area contributed by atoms with Crippen LogP contribution in [0.25, 0.3) is 22.6 Å². The lowest BCUT2D eigenvalue weighted by atomic mass is 9.92. The van der Waals surface area contributed by atoms with Crippen LogP contribution < -0.4 is 0 Å². The fraction of sp³-hybridized carbons (Fsp3) is 0.450. The molecule has 0 unspecified atom stereocenters. The first-order chi connectivity index (χ1) is 13.0. The summed E-state index contributed by atoms with van der Waals surface area (Å²) in [4.78, 5) is 14.6. The number of piperidine rings is 1. The number of rotatable bonds is 4. The van der Waals surface area contributed by atoms with E-state index < -0.39 is 0 Å². The van der Waals surface area contributed by atoms with Gasteiger partial charge in [-0.1, -0.05) is 43.8 Å². The van der Waals surface area contributed by atoms with E-state index in [9.17, 15) is 4.79 Å². The van der Waals surface area contributed by atoms with Crippen molar-refractivity contribution in [2.75, 3.05) is 18.8 Å². The SMILES string of the molecule is C[C@@H]1C[C@@H](C)CN(C(=O)CSc2nnc(-c3cc4ccccc4o3)n2C)C1. The fourth-order valence-electron chi connectivity index (χ4n) is 3.83. The van der Waals surface area contributed by atoms with Gasteiger partial charge in [-0.2, -0.15) is 0 Å². The third kappa shape index (κ3) is 3.74. The molecule has 142 valence electrons. The molecule has 1 aromatic carbocycles. The number of likely N-dealkylation sites (tertiary alicyclic amines) is 1. The largest absolute Gasteiger partial charge is 0.453 e. The van der Waals surface area contributed by atoms with Gasteiger partial charge >= 0.3 is 0 Å². The number of carbonyl (C=O) groups excluding carboxylic acids is 1. The van der Waals surface area contributed by atoms with Crippen molar-refractivity contribution in [1.29, 1.82) is 0 Å². The summed E-state index contributed by atoms with van der Waals surface area (Å²) in [5, 5.41) is 10.3. The molecule has 0 aliphatic carbocycles. The first kappa shape index (κ1) is 18.1. The summed E-state index contributed by atoms with van der Waals surface area (Å²) in [5.74, 6) is 3.04. The molecule has 2 aromatic heterocycles. The van der Waals surface area contributed by atoms with Crippen molar-refractivity contribution in [3.63, 3.8) is 0 Å². The van der Waals surface area contributed by atoms with E-state index in [0.29, 0.717) is 29.2 Å². The highest BCUT2D eigenvalue weighted by Crippen LogP contribution is 2.29. The van der Waals surface area contributed by atoms with Crippen molar-refractivity contribution >= 4 is 28.6 Å². The molecule has 1 aliphatic heterocycles. The van der Waals surface area contributed by atoms with Gasteiger partial charge < -0.3 is 13.9 Å². The molecular weight excluding hydrogens is 360 g/mol. The minimum absolute atomic E-state index is 0.173. The first-order valence-electron chi connectivity index (χ1n) is 9.30. The number of furan rings is 1. The lowest BCUT2D eigenvalue weighted by Crippen LogP contribution is -2.43. The van der Waals surface area contributed by atoms with Gasteiger partial charge in [-0.05, 0) is 30.4 Å². The second kappa shape index (κ2) is 7.38. The number of hydrogen-bond acceptors (Lipinski definition) is 5. The number of thioether (sulfide) groups is 1. The topological polar surface area (TPSA) is 64.2 Å². The molecule has 0 spiro atoms. The Morgan fingerprint density at radius 1 is 1.22 bits per heavy atom. The zero-order valence-corrected chi connectivity index (χ0v) is 16.7. The van der Waals surface area contributed by atoms with Crippen LogP contribution in [0.5, 0.6) is 0 Å². The maximum atomic E-state index is 12.6. The molecule has 0 bridgehead atoms. The van der Waals surface area contributed by atoms with Gasteiger partial charge in [-0.15, -0.1) is 10.2 Å². The van der Waals surface area contributed by atoms with Crippen molar-refractivity contribution in [1.82, 2.24) is 19.7 Å². The molecule has 3 heterocycles. The first-order valence-corrected chi connectivity index (χ1v) is 10.3. The van der Waals surface area contributed by atoms with Crippen LogP contribution in [0.4, 0.5) is 0 Å². The normalized spacial score (nSPS) is 20.3. The summed E-state index contributed by atoms with van der Waals surface area (Å²) in [7, 11) is 1.90. The molecule has 2 atom stereocenters. The number of carbonyl (C=O) groups is 1. The van der Waals surface area contributed by atoms with E-state index in [1.807, 2.05) is 46.8 Å². The van der Waals surface area contributed by atoms with E-state index in [1.54, 1.807) is 0 Å². The third-order valence-corrected chi connectivity index (χ3v) is 6.03. The Hall–Kier alpha value is -2.28. The van der Waals surface area contributed by atoms with Gasteiger partial charge in [0.25, 0.3) is 0 Å². The highest BCUT2D eigenvalue weighted by Gasteiger charge is 2.26. The molecule has 3 aromatic rings. The standard InChI is InChI=1S/C20H24N4O2S/c1-13-8-14(2)11-24(10-13)18(25)12-27-20-22-21-19(23(20)3)17-9-15-6-4-5-7-16(15)26-17/h4-7,9,13-14H,8,10-12H2,1-3H3/t13-,14-/m1/s1. The molecule has 0 saturated carbocycles. The lowest BCUT2D eigenvalue weighted by molar-refractivity contribution is -0.130. The van der Waals surface area contributed by atoms with Gasteiger partial charge in [0.15, 0.2) is 16.7 Å². The van der Waals surface area contributed by atoms with E-state index in [1.165, 1.54) is 18.2 Å². The number of para-hydroxylation sites is 1. The average molecular weight is 385 g/mol. The Bertz CT molecular complexity index is 921. The van der Waals surface area contributed by atoms with Gasteiger partial charge in [0.2, 0.25) is 5.91 Å². The summed E-state index contributed by atoms with van der Waals surface area (Å²) in [5.41, 5.74) is 0.827. The summed E-state index contributed by atoms with van der Waals surface area (Å²) in [6, 6.07) is 9.84. The van der Waals surface area contributed by atoms with E-state index in [2.05, 4.69) is 24.0 Å². The minimum atomic E-state index is 0.173. The van der Waals surface area contributed by atoms with Gasteiger partial charge in [0.05, 0.1) is 5.75 Å². The van der Waals surface area contributed by atoms with Gasteiger partial charge in [0.1, 0.15) is 5.58 Å². The third-order valence-electron chi connectivity index (χ3n) is 5.03. The molecule has 0 radical (unpaired) electrons. The van der Waals surface area contributed by atoms with Crippen LogP contribution in [0.15, 0.2) is 39.9 Å². The molecule has 7 heteroatoms. The van der Waals surface area contributed by atoms with Crippen LogP contribution in [-0.4, -0.2) is 44.4 Å². The highest BCUT2D eigenvalue weighted by atomic mass is 32.2. The number of nitrogens with zero attached hydrogens (tertiary/aromatic N) is 4. The van der Waals surface area contributed by atoms with E-state index >= 15 is 0 Å². The number of aromatic nitrogens is 3.